The maximum atomic E-state index is 14.9. The molecule has 2 bridgehead atoms. The fourth-order valence-corrected chi connectivity index (χ4v) is 8.81. The number of carbonyl (C=O) groups is 3. The van der Waals surface area contributed by atoms with Crippen LogP contribution in [0.1, 0.15) is 51.6 Å². The molecule has 252 valence electrons. The van der Waals surface area contributed by atoms with Gasteiger partial charge in [0.2, 0.25) is 17.7 Å². The predicted octanol–water partition coefficient (Wildman–Crippen LogP) is 5.29. The van der Waals surface area contributed by atoms with Gasteiger partial charge in [0.1, 0.15) is 17.4 Å². The quantitative estimate of drug-likeness (QED) is 0.200. The lowest BCUT2D eigenvalue weighted by atomic mass is 9.70. The first-order valence-corrected chi connectivity index (χ1v) is 17.5. The zero-order valence-corrected chi connectivity index (χ0v) is 29.1. The summed E-state index contributed by atoms with van der Waals surface area (Å²) in [7, 11) is 0. The standard InChI is InChI=1S/C37H46BrN3O6/c1-6-13-24(5)39(20-7-2)36(45)33-37-22-28(38)32(47-37)30(31(37)35(44)41(33)29(23-42)25-14-11-10-12-15-25)34(43)40(21-8-3)26-16-18-27(19-17-26)46-9-4/h7-8,10-12,14-19,24,28-33,42H,2-3,6,9,13,20-23H2,1,4-5H3/t24?,28?,29-,30-,31+,32-,33?,37?/m1/s1. The molecule has 3 aliphatic rings. The fourth-order valence-electron chi connectivity index (χ4n) is 7.87. The number of rotatable bonds is 15. The average Bonchev–Trinajstić information content (AvgIpc) is 3.67. The van der Waals surface area contributed by atoms with E-state index < -0.39 is 42.2 Å². The van der Waals surface area contributed by atoms with E-state index in [4.69, 9.17) is 9.47 Å². The van der Waals surface area contributed by atoms with Crippen LogP contribution >= 0.6 is 15.9 Å². The largest absolute Gasteiger partial charge is 0.494 e. The summed E-state index contributed by atoms with van der Waals surface area (Å²) >= 11 is 3.79. The van der Waals surface area contributed by atoms with Gasteiger partial charge in [-0.05, 0) is 56.5 Å². The number of ether oxygens (including phenoxy) is 2. The number of carbonyl (C=O) groups excluding carboxylic acids is 3. The first kappa shape index (κ1) is 34.9. The highest BCUT2D eigenvalue weighted by atomic mass is 79.9. The van der Waals surface area contributed by atoms with Crippen LogP contribution in [0.3, 0.4) is 0 Å². The molecule has 1 spiro atoms. The Balaban J connectivity index is 1.62. The number of hydrogen-bond acceptors (Lipinski definition) is 6. The van der Waals surface area contributed by atoms with E-state index in [2.05, 4.69) is 36.0 Å². The zero-order valence-electron chi connectivity index (χ0n) is 27.5. The van der Waals surface area contributed by atoms with Crippen LogP contribution in [0.15, 0.2) is 79.9 Å². The number of aliphatic hydroxyl groups is 1. The lowest BCUT2D eigenvalue weighted by Crippen LogP contribution is -2.59. The topological polar surface area (TPSA) is 99.6 Å². The van der Waals surface area contributed by atoms with E-state index in [1.54, 1.807) is 22.0 Å². The third kappa shape index (κ3) is 6.16. The molecular formula is C37H46BrN3O6. The van der Waals surface area contributed by atoms with E-state index in [1.165, 1.54) is 4.90 Å². The number of halogens is 1. The van der Waals surface area contributed by atoms with Crippen LogP contribution in [0, 0.1) is 11.8 Å². The van der Waals surface area contributed by atoms with Crippen molar-refractivity contribution in [1.29, 1.82) is 0 Å². The summed E-state index contributed by atoms with van der Waals surface area (Å²) in [5.41, 5.74) is 0.0590. The summed E-state index contributed by atoms with van der Waals surface area (Å²) in [5, 5.41) is 10.8. The molecule has 5 rings (SSSR count). The van der Waals surface area contributed by atoms with Crippen LogP contribution in [-0.2, 0) is 19.1 Å². The first-order valence-electron chi connectivity index (χ1n) is 16.5. The van der Waals surface area contributed by atoms with Gasteiger partial charge in [-0.1, -0.05) is 71.8 Å². The van der Waals surface area contributed by atoms with Crippen molar-refractivity contribution < 1.29 is 29.0 Å². The molecule has 10 heteroatoms. The maximum absolute atomic E-state index is 14.9. The molecule has 4 unspecified atom stereocenters. The van der Waals surface area contributed by atoms with E-state index in [0.29, 0.717) is 36.6 Å². The number of benzene rings is 2. The van der Waals surface area contributed by atoms with Crippen molar-refractivity contribution in [2.75, 3.05) is 31.2 Å². The maximum Gasteiger partial charge on any atom is 0.248 e. The molecule has 2 aromatic rings. The molecule has 0 radical (unpaired) electrons. The van der Waals surface area contributed by atoms with Crippen LogP contribution < -0.4 is 9.64 Å². The number of fused-ring (bicyclic) bond motifs is 1. The van der Waals surface area contributed by atoms with Crippen LogP contribution in [0.5, 0.6) is 5.75 Å². The summed E-state index contributed by atoms with van der Waals surface area (Å²) in [5.74, 6) is -2.02. The molecule has 0 aliphatic carbocycles. The van der Waals surface area contributed by atoms with Crippen LogP contribution in [0.25, 0.3) is 0 Å². The SMILES string of the molecule is C=CCN(C(=O)[C@H]1[C@@H]2OC3(CC2Br)C(C(=O)N(CC=C)C(C)CCC)N([C@H](CO)c2ccccc2)C(=O)[C@H]13)c1ccc(OCC)cc1. The van der Waals surface area contributed by atoms with Gasteiger partial charge in [-0.2, -0.15) is 0 Å². The predicted molar refractivity (Wildman–Crippen MR) is 185 cm³/mol. The number of amides is 3. The summed E-state index contributed by atoms with van der Waals surface area (Å²) in [6.07, 6.45) is 4.72. The smallest absolute Gasteiger partial charge is 0.248 e. The van der Waals surface area contributed by atoms with Gasteiger partial charge in [0.15, 0.2) is 0 Å². The van der Waals surface area contributed by atoms with Crippen molar-refractivity contribution >= 4 is 39.3 Å². The molecule has 9 nitrogen and oxygen atoms in total. The van der Waals surface area contributed by atoms with Crippen molar-refractivity contribution in [3.05, 3.63) is 85.5 Å². The highest BCUT2D eigenvalue weighted by molar-refractivity contribution is 9.09. The Labute approximate surface area is 286 Å². The lowest BCUT2D eigenvalue weighted by Gasteiger charge is -2.41. The second-order valence-corrected chi connectivity index (χ2v) is 13.8. The Morgan fingerprint density at radius 2 is 1.79 bits per heavy atom. The number of aliphatic hydroxyl groups excluding tert-OH is 1. The van der Waals surface area contributed by atoms with Gasteiger partial charge in [0, 0.05) is 29.6 Å². The molecule has 0 aromatic heterocycles. The van der Waals surface area contributed by atoms with Crippen LogP contribution in [-0.4, -0.2) is 87.5 Å². The lowest BCUT2D eigenvalue weighted by molar-refractivity contribution is -0.152. The van der Waals surface area contributed by atoms with Gasteiger partial charge in [0.25, 0.3) is 0 Å². The summed E-state index contributed by atoms with van der Waals surface area (Å²) in [6, 6.07) is 14.5. The van der Waals surface area contributed by atoms with Crippen molar-refractivity contribution in [2.45, 2.75) is 74.7 Å². The Kier molecular flexibility index (Phi) is 10.9. The highest BCUT2D eigenvalue weighted by Crippen LogP contribution is 2.61. The minimum absolute atomic E-state index is 0.124. The molecule has 47 heavy (non-hydrogen) atoms. The van der Waals surface area contributed by atoms with Crippen molar-refractivity contribution in [3.8, 4) is 5.75 Å². The van der Waals surface area contributed by atoms with E-state index in [0.717, 1.165) is 12.8 Å². The minimum atomic E-state index is -1.28. The average molecular weight is 709 g/mol. The Morgan fingerprint density at radius 1 is 1.11 bits per heavy atom. The molecule has 3 heterocycles. The van der Waals surface area contributed by atoms with Crippen LogP contribution in [0.4, 0.5) is 5.69 Å². The molecular weight excluding hydrogens is 662 g/mol. The summed E-state index contributed by atoms with van der Waals surface area (Å²) < 4.78 is 12.4. The van der Waals surface area contributed by atoms with Crippen LogP contribution in [0.2, 0.25) is 0 Å². The number of hydrogen-bond donors (Lipinski definition) is 1. The van der Waals surface area contributed by atoms with Gasteiger partial charge < -0.3 is 29.3 Å². The summed E-state index contributed by atoms with van der Waals surface area (Å²) in [6.45, 7) is 14.4. The van der Waals surface area contributed by atoms with E-state index in [9.17, 15) is 19.5 Å². The van der Waals surface area contributed by atoms with E-state index in [1.807, 2.05) is 68.4 Å². The molecule has 3 aliphatic heterocycles. The van der Waals surface area contributed by atoms with Gasteiger partial charge in [-0.25, -0.2) is 0 Å². The van der Waals surface area contributed by atoms with Crippen molar-refractivity contribution in [3.63, 3.8) is 0 Å². The normalized spacial score (nSPS) is 27.2. The highest BCUT2D eigenvalue weighted by Gasteiger charge is 2.77. The van der Waals surface area contributed by atoms with E-state index in [-0.39, 0.29) is 35.1 Å². The molecule has 0 saturated carbocycles. The zero-order chi connectivity index (χ0) is 33.9. The second kappa shape index (κ2) is 14.7. The first-order chi connectivity index (χ1) is 22.7. The molecule has 2 aromatic carbocycles. The second-order valence-electron chi connectivity index (χ2n) is 12.6. The Hall–Kier alpha value is -3.47. The number of nitrogens with zero attached hydrogens (tertiary/aromatic N) is 3. The van der Waals surface area contributed by atoms with Crippen molar-refractivity contribution in [2.24, 2.45) is 11.8 Å². The number of anilines is 1. The minimum Gasteiger partial charge on any atom is -0.494 e. The molecule has 3 amide bonds. The van der Waals surface area contributed by atoms with Gasteiger partial charge >= 0.3 is 0 Å². The van der Waals surface area contributed by atoms with Gasteiger partial charge in [0.05, 0.1) is 37.2 Å². The molecule has 8 atom stereocenters. The third-order valence-electron chi connectivity index (χ3n) is 9.82. The number of likely N-dealkylation sites (tertiary alicyclic amines) is 1. The summed E-state index contributed by atoms with van der Waals surface area (Å²) in [4.78, 5) is 49.1. The van der Waals surface area contributed by atoms with Gasteiger partial charge in [-0.15, -0.1) is 13.2 Å². The fraction of sp³-hybridized carbons (Fsp3) is 0.486. The van der Waals surface area contributed by atoms with Gasteiger partial charge in [-0.3, -0.25) is 14.4 Å². The molecule has 3 fully saturated rings. The molecule has 3 saturated heterocycles. The third-order valence-corrected chi connectivity index (χ3v) is 10.7. The monoisotopic (exact) mass is 707 g/mol. The molecule has 1 N–H and O–H groups in total. The number of alkyl halides is 1. The Morgan fingerprint density at radius 3 is 2.38 bits per heavy atom. The van der Waals surface area contributed by atoms with Crippen molar-refractivity contribution in [1.82, 2.24) is 9.80 Å². The Bertz CT molecular complexity index is 1450. The van der Waals surface area contributed by atoms with E-state index >= 15 is 0 Å².